The minimum atomic E-state index is 0.394. The second-order valence-electron chi connectivity index (χ2n) is 4.02. The zero-order valence-electron chi connectivity index (χ0n) is 11.3. The van der Waals surface area contributed by atoms with Gasteiger partial charge in [-0.1, -0.05) is 11.6 Å². The Labute approximate surface area is 118 Å². The van der Waals surface area contributed by atoms with E-state index in [9.17, 15) is 0 Å². The van der Waals surface area contributed by atoms with Gasteiger partial charge in [0.05, 0.1) is 0 Å². The molecule has 0 amide bonds. The van der Waals surface area contributed by atoms with Gasteiger partial charge in [-0.25, -0.2) is 9.97 Å². The van der Waals surface area contributed by atoms with E-state index in [-0.39, 0.29) is 0 Å². The average Bonchev–Trinajstić information content (AvgIpc) is 2.35. The van der Waals surface area contributed by atoms with E-state index in [0.29, 0.717) is 30.2 Å². The molecule has 0 aliphatic carbocycles. The van der Waals surface area contributed by atoms with E-state index in [1.54, 1.807) is 6.07 Å². The second kappa shape index (κ2) is 7.81. The summed E-state index contributed by atoms with van der Waals surface area (Å²) in [6.07, 6.45) is 2.10. The van der Waals surface area contributed by atoms with Gasteiger partial charge in [0.2, 0.25) is 0 Å². The van der Waals surface area contributed by atoms with E-state index in [1.165, 1.54) is 0 Å². The summed E-state index contributed by atoms with van der Waals surface area (Å²) in [4.78, 5) is 10.7. The van der Waals surface area contributed by atoms with Crippen molar-refractivity contribution in [1.29, 1.82) is 0 Å². The molecule has 4 nitrogen and oxygen atoms in total. The maximum atomic E-state index is 6.02. The van der Waals surface area contributed by atoms with Crippen LogP contribution in [0.15, 0.2) is 6.07 Å². The van der Waals surface area contributed by atoms with Crippen LogP contribution >= 0.6 is 23.4 Å². The number of thioether (sulfide) groups is 1. The van der Waals surface area contributed by atoms with Crippen molar-refractivity contribution in [2.45, 2.75) is 26.5 Å². The average molecular weight is 290 g/mol. The van der Waals surface area contributed by atoms with Gasteiger partial charge in [0.25, 0.3) is 0 Å². The first-order valence-electron chi connectivity index (χ1n) is 5.91. The summed E-state index contributed by atoms with van der Waals surface area (Å²) < 4.78 is 5.31. The Hall–Kier alpha value is -0.520. The Morgan fingerprint density at radius 2 is 2.22 bits per heavy atom. The first-order chi connectivity index (χ1) is 8.58. The Bertz CT molecular complexity index is 378. The van der Waals surface area contributed by atoms with Crippen LogP contribution < -0.4 is 4.90 Å². The molecule has 0 aliphatic heterocycles. The van der Waals surface area contributed by atoms with Gasteiger partial charge in [-0.05, 0) is 20.1 Å². The molecule has 6 heteroatoms. The molecule has 0 bridgehead atoms. The Morgan fingerprint density at radius 1 is 1.50 bits per heavy atom. The van der Waals surface area contributed by atoms with Crippen LogP contribution in [-0.2, 0) is 11.3 Å². The Balaban J connectivity index is 2.84. The molecule has 0 radical (unpaired) electrons. The number of aromatic nitrogens is 2. The quantitative estimate of drug-likeness (QED) is 0.722. The molecule has 1 atom stereocenters. The zero-order valence-corrected chi connectivity index (χ0v) is 12.9. The van der Waals surface area contributed by atoms with Crippen LogP contribution in [0.4, 0.5) is 5.82 Å². The number of nitrogens with zero attached hydrogens (tertiary/aromatic N) is 3. The Kier molecular flexibility index (Phi) is 6.75. The molecule has 1 unspecified atom stereocenters. The highest BCUT2D eigenvalue weighted by Gasteiger charge is 2.13. The van der Waals surface area contributed by atoms with Gasteiger partial charge in [0, 0.05) is 31.5 Å². The Morgan fingerprint density at radius 3 is 2.83 bits per heavy atom. The van der Waals surface area contributed by atoms with E-state index < -0.39 is 0 Å². The fourth-order valence-electron chi connectivity index (χ4n) is 1.47. The molecule has 0 spiro atoms. The normalized spacial score (nSPS) is 12.5. The van der Waals surface area contributed by atoms with Crippen molar-refractivity contribution in [1.82, 2.24) is 9.97 Å². The van der Waals surface area contributed by atoms with Crippen molar-refractivity contribution in [2.24, 2.45) is 0 Å². The molecule has 18 heavy (non-hydrogen) atoms. The van der Waals surface area contributed by atoms with Crippen molar-refractivity contribution in [3.8, 4) is 0 Å². The van der Waals surface area contributed by atoms with Crippen molar-refractivity contribution in [3.63, 3.8) is 0 Å². The van der Waals surface area contributed by atoms with Crippen LogP contribution in [0.1, 0.15) is 19.7 Å². The second-order valence-corrected chi connectivity index (χ2v) is 5.32. The largest absolute Gasteiger partial charge is 0.374 e. The van der Waals surface area contributed by atoms with Gasteiger partial charge in [-0.15, -0.1) is 0 Å². The maximum Gasteiger partial charge on any atom is 0.158 e. The summed E-state index contributed by atoms with van der Waals surface area (Å²) in [6, 6.07) is 2.18. The molecule has 0 saturated heterocycles. The van der Waals surface area contributed by atoms with E-state index in [0.717, 1.165) is 11.6 Å². The predicted octanol–water partition coefficient (Wildman–Crippen LogP) is 2.85. The lowest BCUT2D eigenvalue weighted by molar-refractivity contribution is 0.128. The minimum Gasteiger partial charge on any atom is -0.374 e. The van der Waals surface area contributed by atoms with Gasteiger partial charge in [-0.2, -0.15) is 11.8 Å². The lowest BCUT2D eigenvalue weighted by Gasteiger charge is -2.25. The molecule has 0 N–H and O–H groups in total. The SMILES string of the molecule is CCOCc1nc(Cl)cc(N(C)C(C)CSC)n1. The third-order valence-corrected chi connectivity index (χ3v) is 3.60. The lowest BCUT2D eigenvalue weighted by atomic mass is 10.3. The van der Waals surface area contributed by atoms with E-state index in [4.69, 9.17) is 16.3 Å². The number of rotatable bonds is 7. The van der Waals surface area contributed by atoms with Crippen LogP contribution in [0, 0.1) is 0 Å². The van der Waals surface area contributed by atoms with Crippen molar-refractivity contribution in [3.05, 3.63) is 17.0 Å². The molecular weight excluding hydrogens is 270 g/mol. The van der Waals surface area contributed by atoms with E-state index >= 15 is 0 Å². The molecule has 0 saturated carbocycles. The minimum absolute atomic E-state index is 0.394. The molecule has 0 aromatic carbocycles. The fraction of sp³-hybridized carbons (Fsp3) is 0.667. The zero-order chi connectivity index (χ0) is 13.5. The van der Waals surface area contributed by atoms with Crippen molar-refractivity contribution in [2.75, 3.05) is 30.6 Å². The highest BCUT2D eigenvalue weighted by molar-refractivity contribution is 7.98. The first kappa shape index (κ1) is 15.5. The van der Waals surface area contributed by atoms with E-state index in [1.807, 2.05) is 25.7 Å². The molecule has 1 heterocycles. The summed E-state index contributed by atoms with van der Waals surface area (Å²) in [7, 11) is 2.02. The number of halogens is 1. The monoisotopic (exact) mass is 289 g/mol. The summed E-state index contributed by atoms with van der Waals surface area (Å²) in [5.74, 6) is 2.51. The van der Waals surface area contributed by atoms with Crippen LogP contribution in [0.3, 0.4) is 0 Å². The summed E-state index contributed by atoms with van der Waals surface area (Å²) >= 11 is 7.83. The molecule has 0 aliphatic rings. The van der Waals surface area contributed by atoms with Gasteiger partial charge in [0.1, 0.15) is 17.6 Å². The summed E-state index contributed by atoms with van der Waals surface area (Å²) in [5.41, 5.74) is 0. The summed E-state index contributed by atoms with van der Waals surface area (Å²) in [6.45, 7) is 5.14. The highest BCUT2D eigenvalue weighted by atomic mass is 35.5. The molecule has 1 aromatic heterocycles. The van der Waals surface area contributed by atoms with Gasteiger partial charge < -0.3 is 9.64 Å². The van der Waals surface area contributed by atoms with Gasteiger partial charge in [0.15, 0.2) is 5.82 Å². The fourth-order valence-corrected chi connectivity index (χ4v) is 2.37. The van der Waals surface area contributed by atoms with Crippen LogP contribution in [0.2, 0.25) is 5.15 Å². The van der Waals surface area contributed by atoms with E-state index in [2.05, 4.69) is 28.0 Å². The number of anilines is 1. The molecule has 1 aromatic rings. The van der Waals surface area contributed by atoms with Crippen molar-refractivity contribution < 1.29 is 4.74 Å². The molecule has 1 rings (SSSR count). The third kappa shape index (κ3) is 4.63. The topological polar surface area (TPSA) is 38.2 Å². The standard InChI is InChI=1S/C12H20ClN3OS/c1-5-17-7-11-14-10(13)6-12(15-11)16(3)9(2)8-18-4/h6,9H,5,7-8H2,1-4H3. The van der Waals surface area contributed by atoms with Crippen LogP contribution in [-0.4, -0.2) is 41.7 Å². The lowest BCUT2D eigenvalue weighted by Crippen LogP contribution is -2.31. The van der Waals surface area contributed by atoms with Crippen LogP contribution in [0.5, 0.6) is 0 Å². The summed E-state index contributed by atoms with van der Waals surface area (Å²) in [5, 5.41) is 0.456. The molecule has 0 fully saturated rings. The number of hydrogen-bond donors (Lipinski definition) is 0. The van der Waals surface area contributed by atoms with Crippen molar-refractivity contribution >= 4 is 29.2 Å². The first-order valence-corrected chi connectivity index (χ1v) is 7.68. The smallest absolute Gasteiger partial charge is 0.158 e. The highest BCUT2D eigenvalue weighted by Crippen LogP contribution is 2.18. The number of hydrogen-bond acceptors (Lipinski definition) is 5. The molecular formula is C12H20ClN3OS. The van der Waals surface area contributed by atoms with Gasteiger partial charge in [-0.3, -0.25) is 0 Å². The third-order valence-electron chi connectivity index (χ3n) is 2.59. The molecule has 102 valence electrons. The maximum absolute atomic E-state index is 6.02. The van der Waals surface area contributed by atoms with Crippen LogP contribution in [0.25, 0.3) is 0 Å². The number of ether oxygens (including phenoxy) is 1. The predicted molar refractivity (Wildman–Crippen MR) is 78.6 cm³/mol. The van der Waals surface area contributed by atoms with Gasteiger partial charge >= 0.3 is 0 Å².